The molecule has 6 atom stereocenters. The van der Waals surface area contributed by atoms with E-state index in [9.17, 15) is 29.5 Å². The van der Waals surface area contributed by atoms with Gasteiger partial charge in [-0.3, -0.25) is 14.4 Å². The number of hydrogen-bond donors (Lipinski definition) is 3. The van der Waals surface area contributed by atoms with Crippen LogP contribution >= 0.6 is 0 Å². The Kier molecular flexibility index (Phi) is 8.00. The maximum atomic E-state index is 13.7. The number of carbonyl (C=O) groups excluding carboxylic acids is 4. The van der Waals surface area contributed by atoms with Crippen LogP contribution in [0.15, 0.2) is 42.6 Å². The Morgan fingerprint density at radius 2 is 1.84 bits per heavy atom. The van der Waals surface area contributed by atoms with Crippen LogP contribution in [0, 0.1) is 11.1 Å². The van der Waals surface area contributed by atoms with Gasteiger partial charge < -0.3 is 35.2 Å². The highest BCUT2D eigenvalue weighted by Gasteiger charge is 2.54. The van der Waals surface area contributed by atoms with Gasteiger partial charge in [-0.05, 0) is 51.3 Å². The molecule has 1 amide bonds. The Morgan fingerprint density at radius 3 is 2.55 bits per heavy atom. The van der Waals surface area contributed by atoms with E-state index in [1.165, 1.54) is 19.9 Å². The molecule has 0 bridgehead atoms. The smallest absolute Gasteiger partial charge is 0.331 e. The van der Waals surface area contributed by atoms with E-state index in [0.29, 0.717) is 10.6 Å². The summed E-state index contributed by atoms with van der Waals surface area (Å²) < 4.78 is 10.8. The van der Waals surface area contributed by atoms with Crippen molar-refractivity contribution in [3.8, 4) is 0 Å². The summed E-state index contributed by atoms with van der Waals surface area (Å²) in [6, 6.07) is 6.27. The standard InChI is InChI=1S/C27H32N3O8/c1-15-8-9-19(31)10-11-24(33)38-17(3)23(32)12-21(26(35)37-15)27(29-25(34)16(2)30(27)36)13-18-14-28-22-7-5-4-6-20(18)22/h4-7,10-11,14-17,19,21,28,31H,8-9,12-13H2,1-3H3,(H,29,34)/q-1/b11-10+/t15-,16?,17-,19+,21+,27-/m1/s1. The molecule has 1 saturated heterocycles. The first kappa shape index (κ1) is 27.5. The van der Waals surface area contributed by atoms with Crippen molar-refractivity contribution in [2.45, 2.75) is 76.5 Å². The van der Waals surface area contributed by atoms with Crippen LogP contribution in [0.1, 0.15) is 45.6 Å². The van der Waals surface area contributed by atoms with Gasteiger partial charge in [-0.1, -0.05) is 18.2 Å². The van der Waals surface area contributed by atoms with Gasteiger partial charge in [-0.2, -0.15) is 0 Å². The topological polar surface area (TPSA) is 161 Å². The van der Waals surface area contributed by atoms with E-state index >= 15 is 0 Å². The normalized spacial score (nSPS) is 32.9. The van der Waals surface area contributed by atoms with E-state index in [0.717, 1.165) is 17.0 Å². The molecule has 204 valence electrons. The Bertz CT molecular complexity index is 1260. The number of rotatable bonds is 3. The van der Waals surface area contributed by atoms with Gasteiger partial charge in [0.1, 0.15) is 5.66 Å². The van der Waals surface area contributed by atoms with E-state index in [-0.39, 0.29) is 19.3 Å². The van der Waals surface area contributed by atoms with Gasteiger partial charge in [0.15, 0.2) is 11.9 Å². The minimum atomic E-state index is -1.84. The van der Waals surface area contributed by atoms with Crippen molar-refractivity contribution in [3.05, 3.63) is 53.4 Å². The molecule has 3 heterocycles. The number of aliphatic hydroxyl groups excluding tert-OH is 1. The molecule has 4 rings (SSSR count). The fourth-order valence-corrected chi connectivity index (χ4v) is 5.00. The highest BCUT2D eigenvalue weighted by molar-refractivity contribution is 5.93. The fourth-order valence-electron chi connectivity index (χ4n) is 5.00. The molecule has 2 aliphatic rings. The van der Waals surface area contributed by atoms with Crippen molar-refractivity contribution < 1.29 is 33.8 Å². The van der Waals surface area contributed by atoms with Crippen molar-refractivity contribution in [1.82, 2.24) is 15.4 Å². The zero-order valence-corrected chi connectivity index (χ0v) is 21.5. The second-order valence-electron chi connectivity index (χ2n) is 10.0. The van der Waals surface area contributed by atoms with E-state index in [4.69, 9.17) is 9.47 Å². The molecule has 0 spiro atoms. The van der Waals surface area contributed by atoms with Crippen LogP contribution in [0.25, 0.3) is 10.9 Å². The number of ether oxygens (including phenoxy) is 2. The molecule has 1 aromatic heterocycles. The van der Waals surface area contributed by atoms with Crippen molar-refractivity contribution >= 4 is 34.5 Å². The summed E-state index contributed by atoms with van der Waals surface area (Å²) >= 11 is 0. The lowest BCUT2D eigenvalue weighted by atomic mass is 9.82. The lowest BCUT2D eigenvalue weighted by molar-refractivity contribution is -0.163. The second kappa shape index (κ2) is 11.1. The van der Waals surface area contributed by atoms with Crippen LogP contribution in [0.5, 0.6) is 0 Å². The largest absolute Gasteiger partial charge is 0.783 e. The zero-order chi connectivity index (χ0) is 27.6. The van der Waals surface area contributed by atoms with Crippen molar-refractivity contribution in [2.75, 3.05) is 0 Å². The number of ketones is 1. The van der Waals surface area contributed by atoms with E-state index in [2.05, 4.69) is 10.3 Å². The number of amides is 1. The molecule has 0 aliphatic carbocycles. The molecule has 11 heteroatoms. The van der Waals surface area contributed by atoms with Gasteiger partial charge in [-0.25, -0.2) is 4.79 Å². The van der Waals surface area contributed by atoms with Crippen molar-refractivity contribution in [2.24, 2.45) is 5.92 Å². The van der Waals surface area contributed by atoms with Gasteiger partial charge in [0.05, 0.1) is 24.2 Å². The number of H-pyrrole nitrogens is 1. The number of benzene rings is 1. The predicted molar refractivity (Wildman–Crippen MR) is 136 cm³/mol. The molecule has 2 aliphatic heterocycles. The summed E-state index contributed by atoms with van der Waals surface area (Å²) in [6.45, 7) is 4.42. The number of cyclic esters (lactones) is 2. The Balaban J connectivity index is 1.77. The van der Waals surface area contributed by atoms with Crippen LogP contribution in [0.3, 0.4) is 0 Å². The Hall–Kier alpha value is -3.54. The number of aromatic amines is 1. The molecule has 0 saturated carbocycles. The molecule has 11 nitrogen and oxygen atoms in total. The molecule has 1 fully saturated rings. The summed E-state index contributed by atoms with van der Waals surface area (Å²) in [4.78, 5) is 55.0. The number of aromatic nitrogens is 1. The molecular weight excluding hydrogens is 494 g/mol. The number of esters is 2. The number of Topliss-reactive ketones (excluding diaryl/α,β-unsaturated/α-hetero) is 1. The summed E-state index contributed by atoms with van der Waals surface area (Å²) in [7, 11) is 0. The highest BCUT2D eigenvalue weighted by atomic mass is 16.6. The van der Waals surface area contributed by atoms with Gasteiger partial charge in [0.2, 0.25) is 5.91 Å². The Morgan fingerprint density at radius 1 is 1.11 bits per heavy atom. The van der Waals surface area contributed by atoms with Crippen LogP contribution in [-0.4, -0.2) is 68.8 Å². The number of fused-ring (bicyclic) bond motifs is 1. The van der Waals surface area contributed by atoms with E-state index in [1.807, 2.05) is 24.3 Å². The number of aliphatic hydroxyl groups is 1. The third kappa shape index (κ3) is 5.50. The first-order chi connectivity index (χ1) is 18.0. The lowest BCUT2D eigenvalue weighted by Crippen LogP contribution is -2.61. The zero-order valence-electron chi connectivity index (χ0n) is 21.5. The maximum absolute atomic E-state index is 13.7. The maximum Gasteiger partial charge on any atom is 0.331 e. The summed E-state index contributed by atoms with van der Waals surface area (Å²) in [5, 5.41) is 27.8. The van der Waals surface area contributed by atoms with E-state index < -0.39 is 66.0 Å². The summed E-state index contributed by atoms with van der Waals surface area (Å²) in [5.74, 6) is -4.29. The quantitative estimate of drug-likeness (QED) is 0.507. The fraction of sp³-hybridized carbons (Fsp3) is 0.481. The first-order valence-corrected chi connectivity index (χ1v) is 12.7. The first-order valence-electron chi connectivity index (χ1n) is 12.7. The predicted octanol–water partition coefficient (Wildman–Crippen LogP) is 1.87. The molecule has 1 aromatic carbocycles. The third-order valence-corrected chi connectivity index (χ3v) is 7.25. The van der Waals surface area contributed by atoms with Gasteiger partial charge in [-0.15, -0.1) is 0 Å². The van der Waals surface area contributed by atoms with Crippen molar-refractivity contribution in [3.63, 3.8) is 0 Å². The minimum Gasteiger partial charge on any atom is -0.783 e. The summed E-state index contributed by atoms with van der Waals surface area (Å²) in [6.07, 6.45) is 0.931. The van der Waals surface area contributed by atoms with Crippen LogP contribution in [0.4, 0.5) is 0 Å². The Labute approximate surface area is 219 Å². The van der Waals surface area contributed by atoms with Crippen molar-refractivity contribution in [1.29, 1.82) is 0 Å². The SMILES string of the molecule is CC1C(=O)N[C@@](Cc2c[nH]c3ccccc23)([C@H]2CC(=O)[C@@H](C)OC(=O)/C=C/[C@@H](O)CC[C@@H](C)OC2=O)N1[O-]. The minimum absolute atomic E-state index is 0.0896. The highest BCUT2D eigenvalue weighted by Crippen LogP contribution is 2.38. The van der Waals surface area contributed by atoms with Crippen LogP contribution in [0.2, 0.25) is 0 Å². The summed E-state index contributed by atoms with van der Waals surface area (Å²) in [5.41, 5.74) is -0.372. The van der Waals surface area contributed by atoms with Crippen LogP contribution < -0.4 is 5.32 Å². The van der Waals surface area contributed by atoms with Gasteiger partial charge >= 0.3 is 11.9 Å². The molecule has 38 heavy (non-hydrogen) atoms. The molecule has 1 unspecified atom stereocenters. The number of para-hydroxylation sites is 1. The van der Waals surface area contributed by atoms with E-state index in [1.54, 1.807) is 13.1 Å². The van der Waals surface area contributed by atoms with Gasteiger partial charge in [0, 0.05) is 36.0 Å². The average molecular weight is 527 g/mol. The number of nitrogens with one attached hydrogen (secondary N) is 2. The number of carbonyl (C=O) groups is 4. The molecular formula is C27H32N3O8-. The number of hydroxylamine groups is 2. The molecule has 2 aromatic rings. The molecule has 3 N–H and O–H groups in total. The average Bonchev–Trinajstić information content (AvgIpc) is 3.38. The second-order valence-corrected chi connectivity index (χ2v) is 10.0. The third-order valence-electron chi connectivity index (χ3n) is 7.25. The molecule has 0 radical (unpaired) electrons. The lowest BCUT2D eigenvalue weighted by Gasteiger charge is -2.48. The number of hydrogen-bond acceptors (Lipinski definition) is 9. The number of nitrogens with zero attached hydrogens (tertiary/aromatic N) is 1. The van der Waals surface area contributed by atoms with Crippen LogP contribution in [-0.2, 0) is 35.1 Å². The van der Waals surface area contributed by atoms with Gasteiger partial charge in [0.25, 0.3) is 0 Å². The monoisotopic (exact) mass is 526 g/mol.